The summed E-state index contributed by atoms with van der Waals surface area (Å²) in [7, 11) is -3.13. The fourth-order valence-corrected chi connectivity index (χ4v) is 5.70. The van der Waals surface area contributed by atoms with Crippen LogP contribution in [0.1, 0.15) is 54.9 Å². The lowest BCUT2D eigenvalue weighted by atomic mass is 10.1. The van der Waals surface area contributed by atoms with Gasteiger partial charge in [-0.25, -0.2) is 8.42 Å². The van der Waals surface area contributed by atoms with Crippen molar-refractivity contribution in [2.45, 2.75) is 51.6 Å². The molecule has 1 atom stereocenters. The lowest BCUT2D eigenvalue weighted by Crippen LogP contribution is -2.40. The van der Waals surface area contributed by atoms with Gasteiger partial charge >= 0.3 is 0 Å². The van der Waals surface area contributed by atoms with Crippen molar-refractivity contribution in [1.82, 2.24) is 4.90 Å². The summed E-state index contributed by atoms with van der Waals surface area (Å²) >= 11 is 6.31. The molecule has 1 fully saturated rings. The van der Waals surface area contributed by atoms with Gasteiger partial charge in [0, 0.05) is 23.2 Å². The first-order valence-electron chi connectivity index (χ1n) is 10.9. The van der Waals surface area contributed by atoms with Crippen molar-refractivity contribution in [3.8, 4) is 5.75 Å². The van der Waals surface area contributed by atoms with E-state index >= 15 is 0 Å². The Balaban J connectivity index is 1.72. The molecule has 1 aliphatic rings. The van der Waals surface area contributed by atoms with Crippen LogP contribution in [0.15, 0.2) is 48.5 Å². The van der Waals surface area contributed by atoms with Crippen molar-refractivity contribution in [2.75, 3.05) is 18.1 Å². The number of carbonyl (C=O) groups is 1. The third-order valence-electron chi connectivity index (χ3n) is 5.58. The van der Waals surface area contributed by atoms with Gasteiger partial charge in [-0.05, 0) is 48.7 Å². The van der Waals surface area contributed by atoms with Crippen LogP contribution in [0.3, 0.4) is 0 Å². The Morgan fingerprint density at radius 1 is 1.10 bits per heavy atom. The minimum atomic E-state index is -3.13. The molecule has 0 aromatic heterocycles. The molecule has 7 heteroatoms. The molecule has 0 radical (unpaired) electrons. The van der Waals surface area contributed by atoms with Gasteiger partial charge in [-0.15, -0.1) is 0 Å². The number of hydrogen-bond donors (Lipinski definition) is 0. The average Bonchev–Trinajstić information content (AvgIpc) is 3.12. The maximum atomic E-state index is 13.3. The van der Waals surface area contributed by atoms with Gasteiger partial charge in [0.2, 0.25) is 0 Å². The van der Waals surface area contributed by atoms with Crippen LogP contribution in [0.2, 0.25) is 5.02 Å². The molecule has 0 bridgehead atoms. The highest BCUT2D eigenvalue weighted by atomic mass is 35.5. The molecule has 1 amide bonds. The lowest BCUT2D eigenvalue weighted by Gasteiger charge is -2.29. The van der Waals surface area contributed by atoms with E-state index in [9.17, 15) is 13.2 Å². The summed E-state index contributed by atoms with van der Waals surface area (Å²) < 4.78 is 29.9. The van der Waals surface area contributed by atoms with Gasteiger partial charge in [0.25, 0.3) is 5.91 Å². The van der Waals surface area contributed by atoms with Gasteiger partial charge < -0.3 is 9.64 Å². The molecule has 0 spiro atoms. The molecule has 1 heterocycles. The predicted molar refractivity (Wildman–Crippen MR) is 124 cm³/mol. The number of benzene rings is 2. The number of hydrogen-bond acceptors (Lipinski definition) is 4. The van der Waals surface area contributed by atoms with E-state index in [1.54, 1.807) is 35.2 Å². The van der Waals surface area contributed by atoms with Crippen molar-refractivity contribution in [3.63, 3.8) is 0 Å². The van der Waals surface area contributed by atoms with E-state index in [4.69, 9.17) is 16.3 Å². The maximum absolute atomic E-state index is 13.3. The number of rotatable bonds is 10. The molecule has 168 valence electrons. The molecule has 0 N–H and O–H groups in total. The first-order valence-corrected chi connectivity index (χ1v) is 13.1. The quantitative estimate of drug-likeness (QED) is 0.458. The third-order valence-corrected chi connectivity index (χ3v) is 7.70. The topological polar surface area (TPSA) is 63.7 Å². The zero-order valence-electron chi connectivity index (χ0n) is 17.9. The number of nitrogens with zero attached hydrogens (tertiary/aromatic N) is 1. The Hall–Kier alpha value is -2.05. The zero-order chi connectivity index (χ0) is 22.3. The average molecular weight is 464 g/mol. The van der Waals surface area contributed by atoms with Gasteiger partial charge in [0.1, 0.15) is 5.75 Å². The Kier molecular flexibility index (Phi) is 8.38. The van der Waals surface area contributed by atoms with Gasteiger partial charge in [-0.3, -0.25) is 4.79 Å². The fraction of sp³-hybridized carbons (Fsp3) is 0.458. The van der Waals surface area contributed by atoms with Crippen LogP contribution in [-0.4, -0.2) is 43.4 Å². The predicted octanol–water partition coefficient (Wildman–Crippen LogP) is 5.13. The zero-order valence-corrected chi connectivity index (χ0v) is 19.5. The standard InChI is InChI=1S/C24H30ClNO4S/c1-2-3-4-7-15-30-22-12-10-19(11-13-22)24(27)26(21-14-16-31(28,29)18-21)17-20-8-5-6-9-23(20)25/h5-6,8-13,21H,2-4,7,14-18H2,1H3/t21-/m1/s1. The van der Waals surface area contributed by atoms with Crippen LogP contribution in [0.25, 0.3) is 0 Å². The summed E-state index contributed by atoms with van der Waals surface area (Å²) in [6, 6.07) is 14.1. The Bertz CT molecular complexity index is 975. The molecule has 5 nitrogen and oxygen atoms in total. The number of carbonyl (C=O) groups excluding carboxylic acids is 1. The van der Waals surface area contributed by atoms with Crippen LogP contribution in [0, 0.1) is 0 Å². The van der Waals surface area contributed by atoms with E-state index in [1.165, 1.54) is 12.8 Å². The van der Waals surface area contributed by atoms with Crippen molar-refractivity contribution >= 4 is 27.3 Å². The van der Waals surface area contributed by atoms with Gasteiger partial charge in [-0.1, -0.05) is 56.0 Å². The molecule has 1 saturated heterocycles. The van der Waals surface area contributed by atoms with Crippen molar-refractivity contribution in [1.29, 1.82) is 0 Å². The minimum Gasteiger partial charge on any atom is -0.494 e. The highest BCUT2D eigenvalue weighted by Gasteiger charge is 2.35. The summed E-state index contributed by atoms with van der Waals surface area (Å²) in [5.74, 6) is 0.627. The molecular formula is C24H30ClNO4S. The number of ether oxygens (including phenoxy) is 1. The molecule has 2 aromatic rings. The van der Waals surface area contributed by atoms with Crippen LogP contribution in [-0.2, 0) is 16.4 Å². The summed E-state index contributed by atoms with van der Waals surface area (Å²) in [4.78, 5) is 15.0. The smallest absolute Gasteiger partial charge is 0.254 e. The van der Waals surface area contributed by atoms with Crippen molar-refractivity contribution in [3.05, 3.63) is 64.7 Å². The van der Waals surface area contributed by atoms with Crippen molar-refractivity contribution in [2.24, 2.45) is 0 Å². The van der Waals surface area contributed by atoms with E-state index in [-0.39, 0.29) is 30.0 Å². The number of amides is 1. The van der Waals surface area contributed by atoms with Crippen LogP contribution >= 0.6 is 11.6 Å². The molecule has 2 aromatic carbocycles. The van der Waals surface area contributed by atoms with Crippen LogP contribution in [0.4, 0.5) is 0 Å². The molecule has 0 aliphatic carbocycles. The van der Waals surface area contributed by atoms with E-state index in [1.807, 2.05) is 18.2 Å². The molecule has 0 saturated carbocycles. The number of sulfone groups is 1. The second-order valence-corrected chi connectivity index (χ2v) is 10.7. The largest absolute Gasteiger partial charge is 0.494 e. The first-order chi connectivity index (χ1) is 14.9. The van der Waals surface area contributed by atoms with E-state index in [0.29, 0.717) is 23.6 Å². The molecular weight excluding hydrogens is 434 g/mol. The van der Waals surface area contributed by atoms with E-state index < -0.39 is 9.84 Å². The first kappa shape index (κ1) is 23.6. The summed E-state index contributed by atoms with van der Waals surface area (Å²) in [5, 5.41) is 0.563. The van der Waals surface area contributed by atoms with Crippen LogP contribution < -0.4 is 4.74 Å². The molecule has 31 heavy (non-hydrogen) atoms. The SMILES string of the molecule is CCCCCCOc1ccc(C(=O)N(Cc2ccccc2Cl)[C@@H]2CCS(=O)(=O)C2)cc1. The molecule has 1 aliphatic heterocycles. The lowest BCUT2D eigenvalue weighted by molar-refractivity contribution is 0.0681. The highest BCUT2D eigenvalue weighted by molar-refractivity contribution is 7.91. The monoisotopic (exact) mass is 463 g/mol. The normalized spacial score (nSPS) is 17.4. The summed E-state index contributed by atoms with van der Waals surface area (Å²) in [6.07, 6.45) is 4.99. The maximum Gasteiger partial charge on any atom is 0.254 e. The molecule has 0 unspecified atom stereocenters. The highest BCUT2D eigenvalue weighted by Crippen LogP contribution is 2.25. The van der Waals surface area contributed by atoms with Gasteiger partial charge in [0.05, 0.1) is 18.1 Å². The fourth-order valence-electron chi connectivity index (χ4n) is 3.78. The number of halogens is 1. The second-order valence-electron chi connectivity index (χ2n) is 8.01. The Labute approximate surface area is 190 Å². The summed E-state index contributed by atoms with van der Waals surface area (Å²) in [6.45, 7) is 3.10. The Morgan fingerprint density at radius 2 is 1.84 bits per heavy atom. The van der Waals surface area contributed by atoms with Crippen molar-refractivity contribution < 1.29 is 17.9 Å². The number of unbranched alkanes of at least 4 members (excludes halogenated alkanes) is 3. The minimum absolute atomic E-state index is 0.0118. The second kappa shape index (κ2) is 11.0. The van der Waals surface area contributed by atoms with Gasteiger partial charge in [-0.2, -0.15) is 0 Å². The van der Waals surface area contributed by atoms with Crippen LogP contribution in [0.5, 0.6) is 5.75 Å². The molecule has 3 rings (SSSR count). The summed E-state index contributed by atoms with van der Waals surface area (Å²) in [5.41, 5.74) is 1.31. The Morgan fingerprint density at radius 3 is 2.48 bits per heavy atom. The third kappa shape index (κ3) is 6.71. The van der Waals surface area contributed by atoms with E-state index in [0.717, 1.165) is 24.2 Å². The van der Waals surface area contributed by atoms with E-state index in [2.05, 4.69) is 6.92 Å². The van der Waals surface area contributed by atoms with Gasteiger partial charge in [0.15, 0.2) is 9.84 Å².